The Bertz CT molecular complexity index is 889. The highest BCUT2D eigenvalue weighted by molar-refractivity contribution is 5.86. The Kier molecular flexibility index (Phi) is 2.00. The molecule has 19 heavy (non-hydrogen) atoms. The van der Waals surface area contributed by atoms with Crippen LogP contribution in [0.1, 0.15) is 0 Å². The standard InChI is InChI=1S/C15H11N3O/c1-18-14-7-12(8-16-13(14)9-17-18)10-2-3-15-11(6-10)4-5-19-15/h2-9H,1H3. The summed E-state index contributed by atoms with van der Waals surface area (Å²) in [6.07, 6.45) is 5.36. The first-order chi connectivity index (χ1) is 9.31. The maximum Gasteiger partial charge on any atom is 0.133 e. The van der Waals surface area contributed by atoms with E-state index in [2.05, 4.69) is 22.2 Å². The number of benzene rings is 1. The van der Waals surface area contributed by atoms with Gasteiger partial charge in [-0.15, -0.1) is 0 Å². The minimum Gasteiger partial charge on any atom is -0.464 e. The van der Waals surface area contributed by atoms with Gasteiger partial charge in [0.15, 0.2) is 0 Å². The number of pyridine rings is 1. The highest BCUT2D eigenvalue weighted by Gasteiger charge is 2.06. The van der Waals surface area contributed by atoms with E-state index in [0.29, 0.717) is 0 Å². The lowest BCUT2D eigenvalue weighted by atomic mass is 10.1. The van der Waals surface area contributed by atoms with E-state index in [0.717, 1.165) is 33.1 Å². The molecule has 0 amide bonds. The summed E-state index contributed by atoms with van der Waals surface area (Å²) in [4.78, 5) is 4.44. The predicted molar refractivity (Wildman–Crippen MR) is 73.7 cm³/mol. The van der Waals surface area contributed by atoms with Crippen molar-refractivity contribution in [1.82, 2.24) is 14.8 Å². The lowest BCUT2D eigenvalue weighted by molar-refractivity contribution is 0.616. The maximum atomic E-state index is 5.36. The lowest BCUT2D eigenvalue weighted by Gasteiger charge is -2.02. The molecule has 0 spiro atoms. The zero-order valence-corrected chi connectivity index (χ0v) is 10.4. The summed E-state index contributed by atoms with van der Waals surface area (Å²) in [5.74, 6) is 0. The number of hydrogen-bond donors (Lipinski definition) is 0. The molecule has 0 saturated carbocycles. The van der Waals surface area contributed by atoms with Crippen molar-refractivity contribution in [2.45, 2.75) is 0 Å². The number of aromatic nitrogens is 3. The fraction of sp³-hybridized carbons (Fsp3) is 0.0667. The van der Waals surface area contributed by atoms with E-state index in [1.54, 1.807) is 12.5 Å². The lowest BCUT2D eigenvalue weighted by Crippen LogP contribution is -1.89. The number of hydrogen-bond acceptors (Lipinski definition) is 3. The van der Waals surface area contributed by atoms with Crippen LogP contribution in [0.3, 0.4) is 0 Å². The quantitative estimate of drug-likeness (QED) is 0.519. The van der Waals surface area contributed by atoms with Crippen LogP contribution in [-0.4, -0.2) is 14.8 Å². The van der Waals surface area contributed by atoms with Gasteiger partial charge in [0, 0.05) is 24.2 Å². The Hall–Kier alpha value is -2.62. The van der Waals surface area contributed by atoms with E-state index in [-0.39, 0.29) is 0 Å². The molecular formula is C15H11N3O. The summed E-state index contributed by atoms with van der Waals surface area (Å²) in [5, 5.41) is 5.31. The molecule has 92 valence electrons. The van der Waals surface area contributed by atoms with Crippen molar-refractivity contribution in [3.05, 3.63) is 49.0 Å². The number of nitrogens with zero attached hydrogens (tertiary/aromatic N) is 3. The van der Waals surface area contributed by atoms with Gasteiger partial charge in [-0.05, 0) is 29.8 Å². The first kappa shape index (κ1) is 10.3. The molecule has 0 radical (unpaired) electrons. The van der Waals surface area contributed by atoms with Gasteiger partial charge in [0.2, 0.25) is 0 Å². The molecule has 0 aliphatic carbocycles. The molecule has 3 aromatic heterocycles. The fourth-order valence-electron chi connectivity index (χ4n) is 2.33. The summed E-state index contributed by atoms with van der Waals surface area (Å²) < 4.78 is 7.19. The van der Waals surface area contributed by atoms with Crippen LogP contribution >= 0.6 is 0 Å². The molecule has 0 N–H and O–H groups in total. The topological polar surface area (TPSA) is 43.9 Å². The van der Waals surface area contributed by atoms with Gasteiger partial charge in [0.05, 0.1) is 18.0 Å². The van der Waals surface area contributed by atoms with Crippen LogP contribution < -0.4 is 0 Å². The second-order valence-electron chi connectivity index (χ2n) is 4.57. The minimum absolute atomic E-state index is 0.901. The average Bonchev–Trinajstić information content (AvgIpc) is 3.05. The molecule has 4 heteroatoms. The first-order valence-corrected chi connectivity index (χ1v) is 6.07. The predicted octanol–water partition coefficient (Wildman–Crippen LogP) is 3.38. The van der Waals surface area contributed by atoms with Gasteiger partial charge < -0.3 is 4.42 Å². The average molecular weight is 249 g/mol. The highest BCUT2D eigenvalue weighted by atomic mass is 16.3. The van der Waals surface area contributed by atoms with Gasteiger partial charge >= 0.3 is 0 Å². The Morgan fingerprint density at radius 1 is 1.05 bits per heavy atom. The van der Waals surface area contributed by atoms with Crippen molar-refractivity contribution < 1.29 is 4.42 Å². The Labute approximate surface area is 109 Å². The molecule has 4 nitrogen and oxygen atoms in total. The van der Waals surface area contributed by atoms with Gasteiger partial charge in [0.25, 0.3) is 0 Å². The fourth-order valence-corrected chi connectivity index (χ4v) is 2.33. The van der Waals surface area contributed by atoms with Crippen LogP contribution in [0, 0.1) is 0 Å². The molecule has 1 aromatic carbocycles. The highest BCUT2D eigenvalue weighted by Crippen LogP contribution is 2.26. The van der Waals surface area contributed by atoms with Crippen LogP contribution in [-0.2, 0) is 7.05 Å². The largest absolute Gasteiger partial charge is 0.464 e. The van der Waals surface area contributed by atoms with Crippen molar-refractivity contribution in [2.75, 3.05) is 0 Å². The van der Waals surface area contributed by atoms with Gasteiger partial charge in [-0.3, -0.25) is 9.67 Å². The molecule has 0 atom stereocenters. The SMILES string of the molecule is Cn1ncc2ncc(-c3ccc4occc4c3)cc21. The number of fused-ring (bicyclic) bond motifs is 2. The summed E-state index contributed by atoms with van der Waals surface area (Å²) in [6.45, 7) is 0. The van der Waals surface area contributed by atoms with E-state index in [4.69, 9.17) is 4.42 Å². The third-order valence-electron chi connectivity index (χ3n) is 3.38. The molecule has 0 bridgehead atoms. The molecule has 4 aromatic rings. The van der Waals surface area contributed by atoms with Gasteiger partial charge in [-0.25, -0.2) is 0 Å². The van der Waals surface area contributed by atoms with Gasteiger partial charge in [-0.2, -0.15) is 5.10 Å². The number of rotatable bonds is 1. The zero-order valence-electron chi connectivity index (χ0n) is 10.4. The van der Waals surface area contributed by atoms with E-state index in [9.17, 15) is 0 Å². The van der Waals surface area contributed by atoms with Crippen LogP contribution in [0.25, 0.3) is 33.1 Å². The Morgan fingerprint density at radius 2 is 2.00 bits per heavy atom. The summed E-state index contributed by atoms with van der Waals surface area (Å²) in [5.41, 5.74) is 5.06. The van der Waals surface area contributed by atoms with E-state index >= 15 is 0 Å². The third-order valence-corrected chi connectivity index (χ3v) is 3.38. The second kappa shape index (κ2) is 3.68. The van der Waals surface area contributed by atoms with Crippen LogP contribution in [0.4, 0.5) is 0 Å². The molecule has 0 aliphatic heterocycles. The number of furan rings is 1. The van der Waals surface area contributed by atoms with Crippen molar-refractivity contribution in [3.63, 3.8) is 0 Å². The summed E-state index contributed by atoms with van der Waals surface area (Å²) in [6, 6.07) is 10.2. The summed E-state index contributed by atoms with van der Waals surface area (Å²) in [7, 11) is 1.92. The van der Waals surface area contributed by atoms with Crippen LogP contribution in [0.15, 0.2) is 53.4 Å². The molecule has 0 fully saturated rings. The smallest absolute Gasteiger partial charge is 0.133 e. The van der Waals surface area contributed by atoms with Crippen LogP contribution in [0.2, 0.25) is 0 Å². The van der Waals surface area contributed by atoms with Gasteiger partial charge in [-0.1, -0.05) is 6.07 Å². The monoisotopic (exact) mass is 249 g/mol. The Balaban J connectivity index is 1.94. The zero-order chi connectivity index (χ0) is 12.8. The first-order valence-electron chi connectivity index (χ1n) is 6.07. The maximum absolute atomic E-state index is 5.36. The molecular weight excluding hydrogens is 238 g/mol. The molecule has 4 rings (SSSR count). The molecule has 0 saturated heterocycles. The van der Waals surface area contributed by atoms with Gasteiger partial charge in [0.1, 0.15) is 11.1 Å². The number of aryl methyl sites for hydroxylation is 1. The molecule has 3 heterocycles. The molecule has 0 aliphatic rings. The van der Waals surface area contributed by atoms with Crippen LogP contribution in [0.5, 0.6) is 0 Å². The summed E-state index contributed by atoms with van der Waals surface area (Å²) >= 11 is 0. The second-order valence-corrected chi connectivity index (χ2v) is 4.57. The Morgan fingerprint density at radius 3 is 2.95 bits per heavy atom. The van der Waals surface area contributed by atoms with Crippen molar-refractivity contribution in [1.29, 1.82) is 0 Å². The van der Waals surface area contributed by atoms with E-state index in [1.807, 2.05) is 36.1 Å². The van der Waals surface area contributed by atoms with Crippen molar-refractivity contribution >= 4 is 22.0 Å². The normalized spacial score (nSPS) is 11.4. The molecule has 0 unspecified atom stereocenters. The van der Waals surface area contributed by atoms with Crippen molar-refractivity contribution in [3.8, 4) is 11.1 Å². The van der Waals surface area contributed by atoms with Crippen molar-refractivity contribution in [2.24, 2.45) is 7.05 Å². The van der Waals surface area contributed by atoms with E-state index < -0.39 is 0 Å². The minimum atomic E-state index is 0.901. The third kappa shape index (κ3) is 1.53. The van der Waals surface area contributed by atoms with E-state index in [1.165, 1.54) is 0 Å².